The smallest absolute Gasteiger partial charge is 0.127 e. The van der Waals surface area contributed by atoms with Crippen molar-refractivity contribution in [1.29, 1.82) is 0 Å². The highest BCUT2D eigenvalue weighted by Gasteiger charge is 2.12. The number of ether oxygens (including phenoxy) is 2. The molecule has 1 heterocycles. The molecule has 0 saturated carbocycles. The molecule has 1 aromatic rings. The van der Waals surface area contributed by atoms with E-state index in [0.717, 1.165) is 23.6 Å². The van der Waals surface area contributed by atoms with Gasteiger partial charge in [-0.3, -0.25) is 4.90 Å². The summed E-state index contributed by atoms with van der Waals surface area (Å²) in [5, 5.41) is 12.0. The van der Waals surface area contributed by atoms with Gasteiger partial charge < -0.3 is 19.9 Å². The van der Waals surface area contributed by atoms with Crippen molar-refractivity contribution in [2.24, 2.45) is 0 Å². The molecule has 21 heavy (non-hydrogen) atoms. The lowest BCUT2D eigenvalue weighted by Gasteiger charge is -2.17. The Labute approximate surface area is 126 Å². The largest absolute Gasteiger partial charge is 0.497 e. The van der Waals surface area contributed by atoms with Crippen molar-refractivity contribution in [3.63, 3.8) is 0 Å². The van der Waals surface area contributed by atoms with Gasteiger partial charge in [0.25, 0.3) is 0 Å². The number of rotatable bonds is 9. The third kappa shape index (κ3) is 5.19. The summed E-state index contributed by atoms with van der Waals surface area (Å²) >= 11 is 0. The molecular weight excluding hydrogens is 268 g/mol. The van der Waals surface area contributed by atoms with E-state index in [0.29, 0.717) is 19.7 Å². The zero-order valence-electron chi connectivity index (χ0n) is 12.8. The lowest BCUT2D eigenvalue weighted by atomic mass is 10.2. The van der Waals surface area contributed by atoms with Crippen LogP contribution < -0.4 is 14.8 Å². The van der Waals surface area contributed by atoms with Crippen LogP contribution in [0.5, 0.6) is 11.5 Å². The van der Waals surface area contributed by atoms with Crippen LogP contribution in [-0.2, 0) is 6.54 Å². The normalized spacial score (nSPS) is 15.3. The van der Waals surface area contributed by atoms with Crippen molar-refractivity contribution in [2.45, 2.75) is 19.4 Å². The number of hydrogen-bond acceptors (Lipinski definition) is 5. The predicted octanol–water partition coefficient (Wildman–Crippen LogP) is 1.25. The number of benzene rings is 1. The quantitative estimate of drug-likeness (QED) is 0.671. The molecule has 1 saturated heterocycles. The Morgan fingerprint density at radius 2 is 2.10 bits per heavy atom. The van der Waals surface area contributed by atoms with E-state index in [9.17, 15) is 0 Å². The Bertz CT molecular complexity index is 420. The van der Waals surface area contributed by atoms with Gasteiger partial charge >= 0.3 is 0 Å². The van der Waals surface area contributed by atoms with Gasteiger partial charge in [0.2, 0.25) is 0 Å². The summed E-state index contributed by atoms with van der Waals surface area (Å²) in [6.07, 6.45) is 2.60. The Morgan fingerprint density at radius 1 is 1.29 bits per heavy atom. The van der Waals surface area contributed by atoms with Crippen LogP contribution in [0.15, 0.2) is 18.2 Å². The molecule has 0 unspecified atom stereocenters. The van der Waals surface area contributed by atoms with Crippen molar-refractivity contribution in [1.82, 2.24) is 10.2 Å². The predicted molar refractivity (Wildman–Crippen MR) is 83.0 cm³/mol. The molecule has 1 aliphatic heterocycles. The van der Waals surface area contributed by atoms with Gasteiger partial charge in [-0.1, -0.05) is 6.07 Å². The first-order chi connectivity index (χ1) is 10.3. The molecule has 5 heteroatoms. The molecule has 2 N–H and O–H groups in total. The first kappa shape index (κ1) is 16.1. The molecule has 0 radical (unpaired) electrons. The third-order valence-corrected chi connectivity index (χ3v) is 3.74. The maximum absolute atomic E-state index is 8.84. The zero-order chi connectivity index (χ0) is 14.9. The number of nitrogens with zero attached hydrogens (tertiary/aromatic N) is 1. The average molecular weight is 294 g/mol. The van der Waals surface area contributed by atoms with Gasteiger partial charge in [0.05, 0.1) is 13.7 Å². The van der Waals surface area contributed by atoms with Crippen LogP contribution in [0, 0.1) is 0 Å². The standard InChI is InChI=1S/C16H26N2O3/c1-20-15-5-4-14(13-17-6-10-19)16(12-15)21-11-9-18-7-2-3-8-18/h4-5,12,17,19H,2-3,6-11,13H2,1H3. The molecule has 5 nitrogen and oxygen atoms in total. The van der Waals surface area contributed by atoms with Crippen molar-refractivity contribution >= 4 is 0 Å². The summed E-state index contributed by atoms with van der Waals surface area (Å²) in [7, 11) is 1.66. The summed E-state index contributed by atoms with van der Waals surface area (Å²) in [6, 6.07) is 5.87. The van der Waals surface area contributed by atoms with E-state index in [-0.39, 0.29) is 6.61 Å². The van der Waals surface area contributed by atoms with Crippen molar-refractivity contribution in [3.8, 4) is 11.5 Å². The highest BCUT2D eigenvalue weighted by Crippen LogP contribution is 2.25. The van der Waals surface area contributed by atoms with Crippen molar-refractivity contribution in [2.75, 3.05) is 46.5 Å². The van der Waals surface area contributed by atoms with Gasteiger partial charge in [0.1, 0.15) is 18.1 Å². The summed E-state index contributed by atoms with van der Waals surface area (Å²) in [5.74, 6) is 1.66. The van der Waals surface area contributed by atoms with E-state index in [4.69, 9.17) is 14.6 Å². The van der Waals surface area contributed by atoms with E-state index in [1.165, 1.54) is 25.9 Å². The number of hydrogen-bond donors (Lipinski definition) is 2. The number of aliphatic hydroxyl groups is 1. The number of likely N-dealkylation sites (tertiary alicyclic amines) is 1. The lowest BCUT2D eigenvalue weighted by Crippen LogP contribution is -2.25. The van der Waals surface area contributed by atoms with Crippen LogP contribution in [0.25, 0.3) is 0 Å². The van der Waals surface area contributed by atoms with Crippen LogP contribution in [-0.4, -0.2) is 56.5 Å². The van der Waals surface area contributed by atoms with Crippen LogP contribution >= 0.6 is 0 Å². The summed E-state index contributed by atoms with van der Waals surface area (Å²) in [4.78, 5) is 2.43. The molecule has 0 spiro atoms. The van der Waals surface area contributed by atoms with E-state index < -0.39 is 0 Å². The number of aliphatic hydroxyl groups excluding tert-OH is 1. The van der Waals surface area contributed by atoms with Crippen LogP contribution in [0.3, 0.4) is 0 Å². The van der Waals surface area contributed by atoms with E-state index in [1.54, 1.807) is 7.11 Å². The molecular formula is C16H26N2O3. The number of methoxy groups -OCH3 is 1. The highest BCUT2D eigenvalue weighted by atomic mass is 16.5. The van der Waals surface area contributed by atoms with E-state index in [1.807, 2.05) is 18.2 Å². The SMILES string of the molecule is COc1ccc(CNCCO)c(OCCN2CCCC2)c1. The second-order valence-electron chi connectivity index (χ2n) is 5.27. The maximum Gasteiger partial charge on any atom is 0.127 e. The first-order valence-corrected chi connectivity index (χ1v) is 7.67. The second-order valence-corrected chi connectivity index (χ2v) is 5.27. The Morgan fingerprint density at radius 3 is 2.81 bits per heavy atom. The summed E-state index contributed by atoms with van der Waals surface area (Å²) in [6.45, 7) is 5.45. The average Bonchev–Trinajstić information content (AvgIpc) is 3.02. The van der Waals surface area contributed by atoms with Crippen LogP contribution in [0.2, 0.25) is 0 Å². The number of nitrogens with one attached hydrogen (secondary N) is 1. The summed E-state index contributed by atoms with van der Waals surface area (Å²) in [5.41, 5.74) is 1.09. The van der Waals surface area contributed by atoms with Gasteiger partial charge in [0, 0.05) is 31.3 Å². The van der Waals surface area contributed by atoms with Crippen LogP contribution in [0.1, 0.15) is 18.4 Å². The minimum Gasteiger partial charge on any atom is -0.497 e. The maximum atomic E-state index is 8.84. The molecule has 118 valence electrons. The fraction of sp³-hybridized carbons (Fsp3) is 0.625. The van der Waals surface area contributed by atoms with E-state index in [2.05, 4.69) is 10.2 Å². The summed E-state index contributed by atoms with van der Waals surface area (Å²) < 4.78 is 11.2. The molecule has 0 aromatic heterocycles. The molecule has 2 rings (SSSR count). The van der Waals surface area contributed by atoms with E-state index >= 15 is 0 Å². The first-order valence-electron chi connectivity index (χ1n) is 7.67. The minimum absolute atomic E-state index is 0.140. The minimum atomic E-state index is 0.140. The van der Waals surface area contributed by atoms with Gasteiger partial charge in [-0.05, 0) is 32.0 Å². The molecule has 1 aliphatic rings. The Balaban J connectivity index is 1.89. The van der Waals surface area contributed by atoms with Gasteiger partial charge in [-0.2, -0.15) is 0 Å². The fourth-order valence-electron chi connectivity index (χ4n) is 2.54. The van der Waals surface area contributed by atoms with Gasteiger partial charge in [0.15, 0.2) is 0 Å². The highest BCUT2D eigenvalue weighted by molar-refractivity contribution is 5.40. The Hall–Kier alpha value is -1.30. The van der Waals surface area contributed by atoms with Gasteiger partial charge in [-0.15, -0.1) is 0 Å². The zero-order valence-corrected chi connectivity index (χ0v) is 12.8. The third-order valence-electron chi connectivity index (χ3n) is 3.74. The monoisotopic (exact) mass is 294 g/mol. The van der Waals surface area contributed by atoms with Crippen LogP contribution in [0.4, 0.5) is 0 Å². The lowest BCUT2D eigenvalue weighted by molar-refractivity contribution is 0.235. The molecule has 0 aliphatic carbocycles. The topological polar surface area (TPSA) is 54.0 Å². The van der Waals surface area contributed by atoms with Crippen molar-refractivity contribution in [3.05, 3.63) is 23.8 Å². The molecule has 0 bridgehead atoms. The molecule has 1 aromatic carbocycles. The molecule has 0 amide bonds. The van der Waals surface area contributed by atoms with Gasteiger partial charge in [-0.25, -0.2) is 0 Å². The Kier molecular flexibility index (Phi) is 6.79. The fourth-order valence-corrected chi connectivity index (χ4v) is 2.54. The molecule has 1 fully saturated rings. The molecule has 0 atom stereocenters. The second kappa shape index (κ2) is 8.87. The van der Waals surface area contributed by atoms with Crippen molar-refractivity contribution < 1.29 is 14.6 Å².